The van der Waals surface area contributed by atoms with Crippen LogP contribution < -0.4 is 15.2 Å². The van der Waals surface area contributed by atoms with Crippen molar-refractivity contribution in [2.24, 2.45) is 5.73 Å². The molecule has 1 saturated heterocycles. The third-order valence-corrected chi connectivity index (χ3v) is 3.63. The van der Waals surface area contributed by atoms with Crippen LogP contribution in [0.4, 0.5) is 9.18 Å². The number of rotatable bonds is 5. The first-order chi connectivity index (χ1) is 12.6. The van der Waals surface area contributed by atoms with E-state index in [1.807, 2.05) is 6.07 Å². The number of primary amides is 1. The highest BCUT2D eigenvalue weighted by atomic mass is 19.1. The van der Waals surface area contributed by atoms with E-state index in [4.69, 9.17) is 24.7 Å². The topological polar surface area (TPSA) is 104 Å². The molecular weight excluding hydrogens is 343 g/mol. The summed E-state index contributed by atoms with van der Waals surface area (Å²) in [7, 11) is 0. The molecule has 0 aromatic heterocycles. The van der Waals surface area contributed by atoms with E-state index in [2.05, 4.69) is 0 Å². The smallest absolute Gasteiger partial charge is 0.409 e. The fraction of sp³-hybridized carbons (Fsp3) is 0.222. The highest BCUT2D eigenvalue weighted by molar-refractivity contribution is 5.68. The van der Waals surface area contributed by atoms with Gasteiger partial charge in [-0.2, -0.15) is 5.26 Å². The Labute approximate surface area is 148 Å². The second-order valence-corrected chi connectivity index (χ2v) is 5.38. The van der Waals surface area contributed by atoms with E-state index in [1.54, 1.807) is 24.3 Å². The van der Waals surface area contributed by atoms with E-state index in [9.17, 15) is 14.4 Å². The van der Waals surface area contributed by atoms with E-state index >= 15 is 0 Å². The highest BCUT2D eigenvalue weighted by Crippen LogP contribution is 2.33. The molecule has 0 unspecified atom stereocenters. The van der Waals surface area contributed by atoms with Crippen molar-refractivity contribution < 1.29 is 28.1 Å². The minimum Gasteiger partial charge on any atom is -0.486 e. The number of ether oxygens (including phenoxy) is 4. The van der Waals surface area contributed by atoms with Gasteiger partial charge < -0.3 is 24.7 Å². The van der Waals surface area contributed by atoms with Gasteiger partial charge in [0.15, 0.2) is 17.9 Å². The Morgan fingerprint density at radius 1 is 1.31 bits per heavy atom. The number of hydrogen-bond acceptors (Lipinski definition) is 6. The molecule has 0 atom stereocenters. The van der Waals surface area contributed by atoms with Crippen molar-refractivity contribution >= 4 is 6.09 Å². The molecule has 2 aromatic rings. The minimum absolute atomic E-state index is 0.0185. The van der Waals surface area contributed by atoms with E-state index < -0.39 is 18.2 Å². The zero-order chi connectivity index (χ0) is 18.5. The van der Waals surface area contributed by atoms with Crippen LogP contribution in [0.2, 0.25) is 0 Å². The predicted molar refractivity (Wildman–Crippen MR) is 86.7 cm³/mol. The van der Waals surface area contributed by atoms with Gasteiger partial charge in [0.2, 0.25) is 0 Å². The van der Waals surface area contributed by atoms with Crippen LogP contribution in [0.15, 0.2) is 36.4 Å². The largest absolute Gasteiger partial charge is 0.486 e. The summed E-state index contributed by atoms with van der Waals surface area (Å²) < 4.78 is 35.7. The molecule has 7 nitrogen and oxygen atoms in total. The molecule has 0 aliphatic carbocycles. The summed E-state index contributed by atoms with van der Waals surface area (Å²) in [6, 6.07) is 11.2. The first kappa shape index (κ1) is 17.7. The molecule has 0 saturated carbocycles. The van der Waals surface area contributed by atoms with Gasteiger partial charge in [-0.05, 0) is 29.8 Å². The average Bonchev–Trinajstić information content (AvgIpc) is 3.14. The highest BCUT2D eigenvalue weighted by Gasteiger charge is 2.27. The van der Waals surface area contributed by atoms with Crippen molar-refractivity contribution in [1.29, 1.82) is 5.26 Å². The molecule has 0 spiro atoms. The first-order valence-electron chi connectivity index (χ1n) is 7.73. The van der Waals surface area contributed by atoms with Gasteiger partial charge in [-0.25, -0.2) is 9.18 Å². The molecule has 2 N–H and O–H groups in total. The van der Waals surface area contributed by atoms with E-state index in [0.717, 1.165) is 0 Å². The van der Waals surface area contributed by atoms with Crippen LogP contribution in [0.25, 0.3) is 0 Å². The van der Waals surface area contributed by atoms with Gasteiger partial charge in [-0.15, -0.1) is 0 Å². The van der Waals surface area contributed by atoms with E-state index in [1.165, 1.54) is 12.1 Å². The summed E-state index contributed by atoms with van der Waals surface area (Å²) in [4.78, 5) is 10.8. The molecule has 26 heavy (non-hydrogen) atoms. The summed E-state index contributed by atoms with van der Waals surface area (Å²) in [6.07, 6.45) is -1.86. The van der Waals surface area contributed by atoms with Crippen LogP contribution in [-0.2, 0) is 16.1 Å². The number of benzene rings is 2. The third-order valence-electron chi connectivity index (χ3n) is 3.63. The maximum Gasteiger partial charge on any atom is 0.409 e. The van der Waals surface area contributed by atoms with E-state index in [0.29, 0.717) is 18.8 Å². The molecule has 8 heteroatoms. The summed E-state index contributed by atoms with van der Waals surface area (Å²) in [5.74, 6) is -0.493. The zero-order valence-corrected chi connectivity index (χ0v) is 13.6. The van der Waals surface area contributed by atoms with Crippen molar-refractivity contribution in [3.05, 3.63) is 58.9 Å². The van der Waals surface area contributed by atoms with Gasteiger partial charge in [-0.1, -0.05) is 12.1 Å². The lowest BCUT2D eigenvalue weighted by Gasteiger charge is -2.15. The van der Waals surface area contributed by atoms with Gasteiger partial charge in [-0.3, -0.25) is 0 Å². The number of nitriles is 1. The van der Waals surface area contributed by atoms with Gasteiger partial charge in [0.05, 0.1) is 30.4 Å². The number of nitrogens with zero attached hydrogens (tertiary/aromatic N) is 1. The Kier molecular flexibility index (Phi) is 5.31. The Balaban J connectivity index is 1.79. The lowest BCUT2D eigenvalue weighted by molar-refractivity contribution is -0.0469. The standard InChI is InChI=1S/C18H15FN2O5/c19-16-14(5-4-12(9-20)15(16)17-23-6-7-24-17)25-10-11-2-1-3-13(8-11)26-18(21)22/h1-5,8,17H,6-7,10H2,(H2,21,22). The van der Waals surface area contributed by atoms with Gasteiger partial charge >= 0.3 is 6.09 Å². The van der Waals surface area contributed by atoms with Crippen molar-refractivity contribution in [3.8, 4) is 17.6 Å². The van der Waals surface area contributed by atoms with Crippen LogP contribution in [0.3, 0.4) is 0 Å². The number of nitrogens with two attached hydrogens (primary N) is 1. The normalized spacial score (nSPS) is 14.0. The molecule has 1 fully saturated rings. The Hall–Kier alpha value is -3.15. The van der Waals surface area contributed by atoms with Crippen molar-refractivity contribution in [2.45, 2.75) is 12.9 Å². The van der Waals surface area contributed by atoms with Crippen molar-refractivity contribution in [1.82, 2.24) is 0 Å². The summed E-state index contributed by atoms with van der Waals surface area (Å²) in [6.45, 7) is 0.671. The zero-order valence-electron chi connectivity index (χ0n) is 13.6. The Morgan fingerprint density at radius 2 is 2.08 bits per heavy atom. The second-order valence-electron chi connectivity index (χ2n) is 5.38. The maximum atomic E-state index is 14.8. The summed E-state index contributed by atoms with van der Waals surface area (Å²) >= 11 is 0. The third kappa shape index (κ3) is 3.91. The molecule has 1 amide bonds. The first-order valence-corrected chi connectivity index (χ1v) is 7.73. The van der Waals surface area contributed by atoms with Gasteiger partial charge in [0, 0.05) is 0 Å². The van der Waals surface area contributed by atoms with Crippen LogP contribution in [0.5, 0.6) is 11.5 Å². The fourth-order valence-electron chi connectivity index (χ4n) is 2.51. The van der Waals surface area contributed by atoms with Crippen molar-refractivity contribution in [3.63, 3.8) is 0 Å². The number of halogens is 1. The monoisotopic (exact) mass is 358 g/mol. The molecule has 1 aliphatic rings. The quantitative estimate of drug-likeness (QED) is 0.881. The number of carbonyl (C=O) groups excluding carboxylic acids is 1. The van der Waals surface area contributed by atoms with E-state index in [-0.39, 0.29) is 29.2 Å². The second kappa shape index (κ2) is 7.82. The molecule has 3 rings (SSSR count). The van der Waals surface area contributed by atoms with Crippen LogP contribution >= 0.6 is 0 Å². The molecule has 1 heterocycles. The van der Waals surface area contributed by atoms with Gasteiger partial charge in [0.25, 0.3) is 0 Å². The van der Waals surface area contributed by atoms with Crippen LogP contribution in [-0.4, -0.2) is 19.3 Å². The Bertz CT molecular complexity index is 859. The Morgan fingerprint density at radius 3 is 2.77 bits per heavy atom. The number of carbonyl (C=O) groups is 1. The number of hydrogen-bond donors (Lipinski definition) is 1. The van der Waals surface area contributed by atoms with Crippen LogP contribution in [0, 0.1) is 17.1 Å². The number of amides is 1. The molecule has 0 radical (unpaired) electrons. The molecule has 0 bridgehead atoms. The molecule has 134 valence electrons. The molecule has 2 aromatic carbocycles. The van der Waals surface area contributed by atoms with Crippen LogP contribution in [0.1, 0.15) is 23.0 Å². The predicted octanol–water partition coefficient (Wildman–Crippen LogP) is 2.78. The summed E-state index contributed by atoms with van der Waals surface area (Å²) in [5, 5.41) is 9.18. The average molecular weight is 358 g/mol. The van der Waals surface area contributed by atoms with Crippen molar-refractivity contribution in [2.75, 3.05) is 13.2 Å². The molecule has 1 aliphatic heterocycles. The fourth-order valence-corrected chi connectivity index (χ4v) is 2.51. The maximum absolute atomic E-state index is 14.8. The van der Waals surface area contributed by atoms with Gasteiger partial charge in [0.1, 0.15) is 12.4 Å². The summed E-state index contributed by atoms with van der Waals surface area (Å²) in [5.41, 5.74) is 5.76. The SMILES string of the molecule is N#Cc1ccc(OCc2cccc(OC(N)=O)c2)c(F)c1C1OCCO1. The lowest BCUT2D eigenvalue weighted by atomic mass is 10.1. The minimum atomic E-state index is -0.930. The lowest BCUT2D eigenvalue weighted by Crippen LogP contribution is -2.16. The molecular formula is C18H15FN2O5.